The molecule has 0 atom stereocenters. The first kappa shape index (κ1) is 9.43. The van der Waals surface area contributed by atoms with Gasteiger partial charge in [-0.2, -0.15) is 0 Å². The summed E-state index contributed by atoms with van der Waals surface area (Å²) in [6, 6.07) is 3.72. The monoisotopic (exact) mass is 219 g/mol. The molecule has 1 fully saturated rings. The van der Waals surface area contributed by atoms with E-state index in [4.69, 9.17) is 26.8 Å². The van der Waals surface area contributed by atoms with Crippen LogP contribution < -0.4 is 5.73 Å². The largest absolute Gasteiger partial charge is 0.342 e. The van der Waals surface area contributed by atoms with Gasteiger partial charge in [-0.25, -0.2) is 0 Å². The van der Waals surface area contributed by atoms with E-state index in [1.165, 1.54) is 11.3 Å². The average Bonchev–Trinajstić information content (AvgIpc) is 2.73. The lowest BCUT2D eigenvalue weighted by Gasteiger charge is -2.23. The SMILES string of the molecule is NCC1(c2ccc(Cl)s2)OCCO1. The van der Waals surface area contributed by atoms with E-state index in [1.807, 2.05) is 12.1 Å². The Balaban J connectivity index is 2.30. The van der Waals surface area contributed by atoms with E-state index in [9.17, 15) is 0 Å². The number of halogens is 1. The first-order valence-electron chi connectivity index (χ1n) is 4.01. The highest BCUT2D eigenvalue weighted by Crippen LogP contribution is 2.36. The zero-order valence-corrected chi connectivity index (χ0v) is 8.53. The van der Waals surface area contributed by atoms with Gasteiger partial charge in [0.15, 0.2) is 0 Å². The molecule has 1 aliphatic heterocycles. The Hall–Kier alpha value is -0.130. The average molecular weight is 220 g/mol. The number of ether oxygens (including phenoxy) is 2. The maximum Gasteiger partial charge on any atom is 0.217 e. The van der Waals surface area contributed by atoms with Crippen molar-refractivity contribution in [2.75, 3.05) is 19.8 Å². The summed E-state index contributed by atoms with van der Waals surface area (Å²) in [5, 5.41) is 0. The molecule has 13 heavy (non-hydrogen) atoms. The second kappa shape index (κ2) is 3.55. The molecule has 0 amide bonds. The predicted octanol–water partition coefficient (Wildman–Crippen LogP) is 1.56. The fraction of sp³-hybridized carbons (Fsp3) is 0.500. The Morgan fingerprint density at radius 2 is 2.15 bits per heavy atom. The third-order valence-electron chi connectivity index (χ3n) is 1.97. The first-order chi connectivity index (χ1) is 6.27. The summed E-state index contributed by atoms with van der Waals surface area (Å²) < 4.78 is 11.7. The molecule has 0 bridgehead atoms. The number of nitrogens with two attached hydrogens (primary N) is 1. The van der Waals surface area contributed by atoms with Gasteiger partial charge in [0.25, 0.3) is 0 Å². The number of hydrogen-bond acceptors (Lipinski definition) is 4. The van der Waals surface area contributed by atoms with E-state index >= 15 is 0 Å². The van der Waals surface area contributed by atoms with Crippen molar-refractivity contribution >= 4 is 22.9 Å². The highest BCUT2D eigenvalue weighted by Gasteiger charge is 2.38. The highest BCUT2D eigenvalue weighted by molar-refractivity contribution is 7.16. The third kappa shape index (κ3) is 1.60. The minimum Gasteiger partial charge on any atom is -0.342 e. The quantitative estimate of drug-likeness (QED) is 0.821. The van der Waals surface area contributed by atoms with Gasteiger partial charge >= 0.3 is 0 Å². The maximum atomic E-state index is 5.82. The van der Waals surface area contributed by atoms with E-state index < -0.39 is 5.79 Å². The molecular weight excluding hydrogens is 210 g/mol. The Morgan fingerprint density at radius 3 is 2.62 bits per heavy atom. The second-order valence-corrected chi connectivity index (χ2v) is 4.47. The molecule has 3 nitrogen and oxygen atoms in total. The summed E-state index contributed by atoms with van der Waals surface area (Å²) in [4.78, 5) is 0.942. The van der Waals surface area contributed by atoms with Crippen molar-refractivity contribution in [3.8, 4) is 0 Å². The molecule has 0 saturated carbocycles. The lowest BCUT2D eigenvalue weighted by Crippen LogP contribution is -2.35. The summed E-state index contributed by atoms with van der Waals surface area (Å²) in [5.74, 6) is -0.738. The van der Waals surface area contributed by atoms with Gasteiger partial charge in [0.05, 0.1) is 29.0 Å². The van der Waals surface area contributed by atoms with Gasteiger partial charge in [0.1, 0.15) is 0 Å². The molecule has 0 radical (unpaired) electrons. The molecule has 0 spiro atoms. The van der Waals surface area contributed by atoms with E-state index in [-0.39, 0.29) is 0 Å². The van der Waals surface area contributed by atoms with Crippen molar-refractivity contribution in [1.29, 1.82) is 0 Å². The van der Waals surface area contributed by atoms with Gasteiger partial charge in [-0.15, -0.1) is 11.3 Å². The summed E-state index contributed by atoms with van der Waals surface area (Å²) in [7, 11) is 0. The highest BCUT2D eigenvalue weighted by atomic mass is 35.5. The van der Waals surface area contributed by atoms with Crippen LogP contribution in [0.3, 0.4) is 0 Å². The summed E-state index contributed by atoms with van der Waals surface area (Å²) in [6.07, 6.45) is 0. The zero-order chi connectivity index (χ0) is 9.31. The van der Waals surface area contributed by atoms with E-state index in [0.29, 0.717) is 19.8 Å². The van der Waals surface area contributed by atoms with Crippen LogP contribution in [0.4, 0.5) is 0 Å². The lowest BCUT2D eigenvalue weighted by atomic mass is 10.2. The summed E-state index contributed by atoms with van der Waals surface area (Å²) >= 11 is 7.27. The van der Waals surface area contributed by atoms with Gasteiger partial charge in [0, 0.05) is 0 Å². The molecule has 1 aliphatic rings. The second-order valence-electron chi connectivity index (χ2n) is 2.76. The van der Waals surface area contributed by atoms with Crippen molar-refractivity contribution in [1.82, 2.24) is 0 Å². The van der Waals surface area contributed by atoms with Gasteiger partial charge in [0.2, 0.25) is 5.79 Å². The van der Waals surface area contributed by atoms with Gasteiger partial charge < -0.3 is 15.2 Å². The normalized spacial score (nSPS) is 20.8. The topological polar surface area (TPSA) is 44.5 Å². The summed E-state index contributed by atoms with van der Waals surface area (Å²) in [5.41, 5.74) is 5.62. The molecule has 0 aliphatic carbocycles. The van der Waals surface area contributed by atoms with E-state index in [0.717, 1.165) is 9.21 Å². The number of thiophene rings is 1. The molecule has 2 N–H and O–H groups in total. The minimum atomic E-state index is -0.738. The van der Waals surface area contributed by atoms with Crippen LogP contribution >= 0.6 is 22.9 Å². The van der Waals surface area contributed by atoms with E-state index in [2.05, 4.69) is 0 Å². The van der Waals surface area contributed by atoms with Crippen molar-refractivity contribution in [2.45, 2.75) is 5.79 Å². The van der Waals surface area contributed by atoms with Crippen molar-refractivity contribution < 1.29 is 9.47 Å². The lowest BCUT2D eigenvalue weighted by molar-refractivity contribution is -0.154. The standard InChI is InChI=1S/C8H10ClNO2S/c9-7-2-1-6(13-7)8(5-10)11-3-4-12-8/h1-2H,3-5,10H2. The van der Waals surface area contributed by atoms with Crippen LogP contribution in [0, 0.1) is 0 Å². The fourth-order valence-electron chi connectivity index (χ4n) is 1.33. The molecular formula is C8H10ClNO2S. The predicted molar refractivity (Wildman–Crippen MR) is 52.0 cm³/mol. The summed E-state index contributed by atoms with van der Waals surface area (Å²) in [6.45, 7) is 1.50. The number of hydrogen-bond donors (Lipinski definition) is 1. The van der Waals surface area contributed by atoms with Crippen molar-refractivity contribution in [3.05, 3.63) is 21.3 Å². The molecule has 2 heterocycles. The van der Waals surface area contributed by atoms with Crippen LogP contribution in [0.5, 0.6) is 0 Å². The molecule has 2 rings (SSSR count). The maximum absolute atomic E-state index is 5.82. The zero-order valence-electron chi connectivity index (χ0n) is 6.96. The van der Waals surface area contributed by atoms with E-state index in [1.54, 1.807) is 0 Å². The molecule has 1 saturated heterocycles. The van der Waals surface area contributed by atoms with Gasteiger partial charge in [-0.1, -0.05) is 11.6 Å². The first-order valence-corrected chi connectivity index (χ1v) is 5.20. The molecule has 1 aromatic rings. The molecule has 1 aromatic heterocycles. The molecule has 72 valence electrons. The Morgan fingerprint density at radius 1 is 1.46 bits per heavy atom. The van der Waals surface area contributed by atoms with Crippen LogP contribution in [-0.2, 0) is 15.3 Å². The van der Waals surface area contributed by atoms with Crippen LogP contribution in [0.1, 0.15) is 4.88 Å². The van der Waals surface area contributed by atoms with Crippen molar-refractivity contribution in [2.24, 2.45) is 5.73 Å². The fourth-order valence-corrected chi connectivity index (χ4v) is 2.49. The van der Waals surface area contributed by atoms with Gasteiger partial charge in [-0.3, -0.25) is 0 Å². The Kier molecular flexibility index (Phi) is 2.58. The van der Waals surface area contributed by atoms with Crippen LogP contribution in [0.15, 0.2) is 12.1 Å². The Labute approximate surface area is 85.4 Å². The third-order valence-corrected chi connectivity index (χ3v) is 3.33. The van der Waals surface area contributed by atoms with Gasteiger partial charge in [-0.05, 0) is 12.1 Å². The molecule has 0 unspecified atom stereocenters. The van der Waals surface area contributed by atoms with Crippen LogP contribution in [0.2, 0.25) is 4.34 Å². The van der Waals surface area contributed by atoms with Crippen LogP contribution in [0.25, 0.3) is 0 Å². The minimum absolute atomic E-state index is 0.323. The Bertz CT molecular complexity index is 296. The van der Waals surface area contributed by atoms with Crippen LogP contribution in [-0.4, -0.2) is 19.8 Å². The molecule has 5 heteroatoms. The molecule has 0 aromatic carbocycles. The smallest absolute Gasteiger partial charge is 0.217 e. The number of rotatable bonds is 2. The van der Waals surface area contributed by atoms with Crippen molar-refractivity contribution in [3.63, 3.8) is 0 Å².